The van der Waals surface area contributed by atoms with Crippen molar-refractivity contribution in [2.24, 2.45) is 0 Å². The Morgan fingerprint density at radius 1 is 0.938 bits per heavy atom. The first-order chi connectivity index (χ1) is 7.95. The van der Waals surface area contributed by atoms with Gasteiger partial charge in [0.1, 0.15) is 0 Å². The SMILES string of the molecule is c1ccc(CSCCc2ccccn2)cc1. The molecular formula is C14H15NS. The zero-order valence-corrected chi connectivity index (χ0v) is 9.99. The van der Waals surface area contributed by atoms with Gasteiger partial charge in [0.05, 0.1) is 0 Å². The van der Waals surface area contributed by atoms with E-state index in [1.807, 2.05) is 30.1 Å². The second-order valence-electron chi connectivity index (χ2n) is 3.61. The van der Waals surface area contributed by atoms with Crippen LogP contribution in [0.1, 0.15) is 11.3 Å². The fourth-order valence-electron chi connectivity index (χ4n) is 1.49. The topological polar surface area (TPSA) is 12.9 Å². The van der Waals surface area contributed by atoms with Crippen molar-refractivity contribution >= 4 is 11.8 Å². The number of rotatable bonds is 5. The summed E-state index contributed by atoms with van der Waals surface area (Å²) in [5, 5.41) is 0. The van der Waals surface area contributed by atoms with Gasteiger partial charge in [-0.3, -0.25) is 4.98 Å². The maximum Gasteiger partial charge on any atom is 0.0411 e. The molecule has 1 nitrogen and oxygen atoms in total. The largest absolute Gasteiger partial charge is 0.261 e. The molecule has 0 amide bonds. The van der Waals surface area contributed by atoms with Gasteiger partial charge in [0.25, 0.3) is 0 Å². The Balaban J connectivity index is 1.70. The van der Waals surface area contributed by atoms with Gasteiger partial charge in [-0.25, -0.2) is 0 Å². The van der Waals surface area contributed by atoms with Crippen LogP contribution >= 0.6 is 11.8 Å². The molecule has 2 aromatic rings. The van der Waals surface area contributed by atoms with Crippen LogP contribution in [0.3, 0.4) is 0 Å². The number of benzene rings is 1. The summed E-state index contributed by atoms with van der Waals surface area (Å²) in [5.41, 5.74) is 2.58. The lowest BCUT2D eigenvalue weighted by molar-refractivity contribution is 1.05. The molecule has 0 fully saturated rings. The van der Waals surface area contributed by atoms with E-state index in [-0.39, 0.29) is 0 Å². The van der Waals surface area contributed by atoms with E-state index in [1.165, 1.54) is 11.3 Å². The monoisotopic (exact) mass is 229 g/mol. The number of thioether (sulfide) groups is 1. The van der Waals surface area contributed by atoms with E-state index in [9.17, 15) is 0 Å². The van der Waals surface area contributed by atoms with Gasteiger partial charge >= 0.3 is 0 Å². The average molecular weight is 229 g/mol. The summed E-state index contributed by atoms with van der Waals surface area (Å²) in [6, 6.07) is 16.7. The van der Waals surface area contributed by atoms with Crippen LogP contribution in [0, 0.1) is 0 Å². The van der Waals surface area contributed by atoms with Crippen LogP contribution in [0.2, 0.25) is 0 Å². The third-order valence-electron chi connectivity index (χ3n) is 2.34. The van der Waals surface area contributed by atoms with E-state index in [0.717, 1.165) is 17.9 Å². The lowest BCUT2D eigenvalue weighted by atomic mass is 10.2. The number of pyridine rings is 1. The lowest BCUT2D eigenvalue weighted by Gasteiger charge is -2.01. The zero-order chi connectivity index (χ0) is 11.1. The van der Waals surface area contributed by atoms with Gasteiger partial charge in [0.15, 0.2) is 0 Å². The van der Waals surface area contributed by atoms with Crippen molar-refractivity contribution in [1.82, 2.24) is 4.98 Å². The second-order valence-corrected chi connectivity index (χ2v) is 4.71. The maximum absolute atomic E-state index is 4.31. The van der Waals surface area contributed by atoms with Crippen LogP contribution < -0.4 is 0 Å². The summed E-state index contributed by atoms with van der Waals surface area (Å²) in [6.07, 6.45) is 2.91. The Labute approximate surface area is 101 Å². The maximum atomic E-state index is 4.31. The van der Waals surface area contributed by atoms with Crippen LogP contribution in [-0.4, -0.2) is 10.7 Å². The number of hydrogen-bond acceptors (Lipinski definition) is 2. The first kappa shape index (κ1) is 11.2. The minimum Gasteiger partial charge on any atom is -0.261 e. The van der Waals surface area contributed by atoms with Crippen molar-refractivity contribution in [2.75, 3.05) is 5.75 Å². The van der Waals surface area contributed by atoms with Crippen molar-refractivity contribution < 1.29 is 0 Å². The minimum absolute atomic E-state index is 1.05. The molecule has 0 radical (unpaired) electrons. The van der Waals surface area contributed by atoms with Gasteiger partial charge in [-0.05, 0) is 29.9 Å². The molecule has 0 aliphatic rings. The van der Waals surface area contributed by atoms with E-state index in [0.29, 0.717) is 0 Å². The van der Waals surface area contributed by atoms with Crippen LogP contribution in [0.5, 0.6) is 0 Å². The highest BCUT2D eigenvalue weighted by Crippen LogP contribution is 2.12. The number of aryl methyl sites for hydroxylation is 1. The Morgan fingerprint density at radius 2 is 1.75 bits per heavy atom. The molecule has 1 aromatic heterocycles. The Kier molecular flexibility index (Phi) is 4.44. The average Bonchev–Trinajstić information content (AvgIpc) is 2.37. The van der Waals surface area contributed by atoms with E-state index >= 15 is 0 Å². The molecule has 0 saturated heterocycles. The van der Waals surface area contributed by atoms with Gasteiger partial charge in [0.2, 0.25) is 0 Å². The molecule has 0 saturated carbocycles. The number of nitrogens with zero attached hydrogens (tertiary/aromatic N) is 1. The van der Waals surface area contributed by atoms with Crippen molar-refractivity contribution in [3.05, 3.63) is 66.0 Å². The Morgan fingerprint density at radius 3 is 2.50 bits per heavy atom. The predicted molar refractivity (Wildman–Crippen MR) is 70.5 cm³/mol. The molecule has 1 aromatic carbocycles. The quantitative estimate of drug-likeness (QED) is 0.727. The van der Waals surface area contributed by atoms with Crippen LogP contribution in [0.25, 0.3) is 0 Å². The molecule has 1 heterocycles. The smallest absolute Gasteiger partial charge is 0.0411 e. The normalized spacial score (nSPS) is 10.2. The number of aromatic nitrogens is 1. The summed E-state index contributed by atoms with van der Waals surface area (Å²) < 4.78 is 0. The standard InChI is InChI=1S/C14H15NS/c1-2-6-13(7-3-1)12-16-11-9-14-8-4-5-10-15-14/h1-8,10H,9,11-12H2. The van der Waals surface area contributed by atoms with Crippen LogP contribution in [-0.2, 0) is 12.2 Å². The Bertz CT molecular complexity index is 358. The molecule has 0 spiro atoms. The third kappa shape index (κ3) is 3.70. The highest BCUT2D eigenvalue weighted by atomic mass is 32.2. The molecule has 16 heavy (non-hydrogen) atoms. The molecule has 0 aliphatic heterocycles. The summed E-state index contributed by atoms with van der Waals surface area (Å²) in [6.45, 7) is 0. The third-order valence-corrected chi connectivity index (χ3v) is 3.37. The predicted octanol–water partition coefficient (Wildman–Crippen LogP) is 3.56. The van der Waals surface area contributed by atoms with E-state index in [4.69, 9.17) is 0 Å². The van der Waals surface area contributed by atoms with E-state index in [2.05, 4.69) is 41.4 Å². The Hall–Kier alpha value is -1.28. The van der Waals surface area contributed by atoms with Gasteiger partial charge < -0.3 is 0 Å². The molecule has 0 bridgehead atoms. The van der Waals surface area contributed by atoms with Crippen LogP contribution in [0.4, 0.5) is 0 Å². The fourth-order valence-corrected chi connectivity index (χ4v) is 2.41. The van der Waals surface area contributed by atoms with Crippen molar-refractivity contribution in [2.45, 2.75) is 12.2 Å². The van der Waals surface area contributed by atoms with Gasteiger partial charge in [-0.2, -0.15) is 11.8 Å². The first-order valence-corrected chi connectivity index (χ1v) is 6.62. The summed E-state index contributed by atoms with van der Waals surface area (Å²) in [7, 11) is 0. The zero-order valence-electron chi connectivity index (χ0n) is 9.17. The molecule has 0 aliphatic carbocycles. The van der Waals surface area contributed by atoms with Crippen molar-refractivity contribution in [1.29, 1.82) is 0 Å². The summed E-state index contributed by atoms with van der Waals surface area (Å²) in [5.74, 6) is 2.22. The molecule has 2 rings (SSSR count). The van der Waals surface area contributed by atoms with E-state index in [1.54, 1.807) is 0 Å². The molecule has 82 valence electrons. The molecular weight excluding hydrogens is 214 g/mol. The molecule has 0 unspecified atom stereocenters. The second kappa shape index (κ2) is 6.33. The van der Waals surface area contributed by atoms with Crippen molar-refractivity contribution in [3.8, 4) is 0 Å². The summed E-state index contributed by atoms with van der Waals surface area (Å²) in [4.78, 5) is 4.31. The van der Waals surface area contributed by atoms with Crippen molar-refractivity contribution in [3.63, 3.8) is 0 Å². The van der Waals surface area contributed by atoms with Gasteiger partial charge in [-0.15, -0.1) is 0 Å². The van der Waals surface area contributed by atoms with Gasteiger partial charge in [0, 0.05) is 17.6 Å². The van der Waals surface area contributed by atoms with Gasteiger partial charge in [-0.1, -0.05) is 36.4 Å². The molecule has 0 atom stereocenters. The highest BCUT2D eigenvalue weighted by molar-refractivity contribution is 7.98. The molecule has 2 heteroatoms. The van der Waals surface area contributed by atoms with Crippen LogP contribution in [0.15, 0.2) is 54.7 Å². The lowest BCUT2D eigenvalue weighted by Crippen LogP contribution is -1.92. The first-order valence-electron chi connectivity index (χ1n) is 5.47. The minimum atomic E-state index is 1.05. The fraction of sp³-hybridized carbons (Fsp3) is 0.214. The number of hydrogen-bond donors (Lipinski definition) is 0. The molecule has 0 N–H and O–H groups in total. The summed E-state index contributed by atoms with van der Waals surface area (Å²) >= 11 is 1.96. The van der Waals surface area contributed by atoms with E-state index < -0.39 is 0 Å². The highest BCUT2D eigenvalue weighted by Gasteiger charge is 1.95.